The lowest BCUT2D eigenvalue weighted by Crippen LogP contribution is -2.23. The summed E-state index contributed by atoms with van der Waals surface area (Å²) in [4.78, 5) is 9.16. The summed E-state index contributed by atoms with van der Waals surface area (Å²) in [5.74, 6) is 0.942. The van der Waals surface area contributed by atoms with Crippen molar-refractivity contribution >= 4 is 17.5 Å². The summed E-state index contributed by atoms with van der Waals surface area (Å²) in [6.45, 7) is 1.27. The first-order valence-corrected chi connectivity index (χ1v) is 5.75. The number of alkyl halides is 4. The van der Waals surface area contributed by atoms with E-state index in [4.69, 9.17) is 11.6 Å². The monoisotopic (exact) mass is 265 g/mol. The van der Waals surface area contributed by atoms with E-state index in [0.29, 0.717) is 24.9 Å². The van der Waals surface area contributed by atoms with Gasteiger partial charge in [0.15, 0.2) is 0 Å². The molecule has 2 rings (SSSR count). The maximum Gasteiger partial charge on any atom is 0.433 e. The number of nitrogens with zero attached hydrogens (tertiary/aromatic N) is 3. The van der Waals surface area contributed by atoms with Gasteiger partial charge in [0.25, 0.3) is 0 Å². The Hall–Kier alpha value is -1.04. The number of rotatable bonds is 2. The van der Waals surface area contributed by atoms with Crippen LogP contribution in [0.15, 0.2) is 12.3 Å². The highest BCUT2D eigenvalue weighted by molar-refractivity contribution is 6.18. The van der Waals surface area contributed by atoms with Crippen LogP contribution in [0, 0.1) is 5.92 Å². The maximum absolute atomic E-state index is 12.5. The van der Waals surface area contributed by atoms with Crippen LogP contribution in [0.25, 0.3) is 0 Å². The van der Waals surface area contributed by atoms with E-state index in [0.717, 1.165) is 18.7 Å². The third-order valence-electron chi connectivity index (χ3n) is 2.72. The third-order valence-corrected chi connectivity index (χ3v) is 3.16. The lowest BCUT2D eigenvalue weighted by atomic mass is 10.2. The van der Waals surface area contributed by atoms with Crippen LogP contribution in [0.2, 0.25) is 0 Å². The van der Waals surface area contributed by atoms with E-state index in [2.05, 4.69) is 9.97 Å². The van der Waals surface area contributed by atoms with Crippen LogP contribution in [0.1, 0.15) is 12.1 Å². The van der Waals surface area contributed by atoms with Crippen LogP contribution in [0.4, 0.5) is 19.1 Å². The van der Waals surface area contributed by atoms with E-state index in [1.54, 1.807) is 4.90 Å². The molecular formula is C10H11ClF3N3. The SMILES string of the molecule is FC(F)(F)c1ccnc(N2CCC(CCl)C2)n1. The van der Waals surface area contributed by atoms with Gasteiger partial charge in [-0.2, -0.15) is 13.2 Å². The fraction of sp³-hybridized carbons (Fsp3) is 0.600. The standard InChI is InChI=1S/C10H11ClF3N3/c11-5-7-2-4-17(6-7)9-15-3-1-8(16-9)10(12,13)14/h1,3,7H,2,4-6H2. The molecule has 1 atom stereocenters. The molecule has 1 aromatic heterocycles. The molecule has 0 bridgehead atoms. The fourth-order valence-corrected chi connectivity index (χ4v) is 2.05. The van der Waals surface area contributed by atoms with Crippen molar-refractivity contribution < 1.29 is 13.2 Å². The third kappa shape index (κ3) is 2.80. The van der Waals surface area contributed by atoms with E-state index < -0.39 is 11.9 Å². The number of halogens is 4. The Morgan fingerprint density at radius 2 is 2.24 bits per heavy atom. The van der Waals surface area contributed by atoms with Crippen molar-refractivity contribution in [3.05, 3.63) is 18.0 Å². The van der Waals surface area contributed by atoms with Crippen LogP contribution in [-0.2, 0) is 6.18 Å². The molecule has 3 nitrogen and oxygen atoms in total. The average molecular weight is 266 g/mol. The molecule has 7 heteroatoms. The van der Waals surface area contributed by atoms with E-state index in [-0.39, 0.29) is 5.95 Å². The number of hydrogen-bond acceptors (Lipinski definition) is 3. The second-order valence-electron chi connectivity index (χ2n) is 3.99. The summed E-state index contributed by atoms with van der Waals surface area (Å²) in [5, 5.41) is 0. The molecule has 0 saturated carbocycles. The van der Waals surface area contributed by atoms with Crippen molar-refractivity contribution in [1.82, 2.24) is 9.97 Å². The first-order valence-electron chi connectivity index (χ1n) is 5.22. The maximum atomic E-state index is 12.5. The van der Waals surface area contributed by atoms with Crippen molar-refractivity contribution in [2.45, 2.75) is 12.6 Å². The molecule has 0 spiro atoms. The van der Waals surface area contributed by atoms with Gasteiger partial charge in [-0.05, 0) is 18.4 Å². The normalized spacial score (nSPS) is 20.9. The Kier molecular flexibility index (Phi) is 3.42. The quantitative estimate of drug-likeness (QED) is 0.770. The molecular weight excluding hydrogens is 255 g/mol. The van der Waals surface area contributed by atoms with Crippen molar-refractivity contribution in [2.75, 3.05) is 23.9 Å². The summed E-state index contributed by atoms with van der Waals surface area (Å²) in [7, 11) is 0. The summed E-state index contributed by atoms with van der Waals surface area (Å²) in [5.41, 5.74) is -0.906. The average Bonchev–Trinajstić information content (AvgIpc) is 2.76. The minimum Gasteiger partial charge on any atom is -0.340 e. The molecule has 0 amide bonds. The first kappa shape index (κ1) is 12.4. The van der Waals surface area contributed by atoms with Crippen LogP contribution >= 0.6 is 11.6 Å². The summed E-state index contributed by atoms with van der Waals surface area (Å²) in [6, 6.07) is 0.874. The molecule has 0 aromatic carbocycles. The van der Waals surface area contributed by atoms with Crippen molar-refractivity contribution in [3.8, 4) is 0 Å². The van der Waals surface area contributed by atoms with Gasteiger partial charge in [-0.25, -0.2) is 9.97 Å². The summed E-state index contributed by atoms with van der Waals surface area (Å²) >= 11 is 5.72. The highest BCUT2D eigenvalue weighted by Gasteiger charge is 2.34. The zero-order valence-corrected chi connectivity index (χ0v) is 9.67. The molecule has 1 saturated heterocycles. The van der Waals surface area contributed by atoms with Gasteiger partial charge in [0.05, 0.1) is 0 Å². The molecule has 1 unspecified atom stereocenters. The topological polar surface area (TPSA) is 29.0 Å². The van der Waals surface area contributed by atoms with Gasteiger partial charge in [0.1, 0.15) is 5.69 Å². The zero-order valence-electron chi connectivity index (χ0n) is 8.91. The minimum absolute atomic E-state index is 0.132. The number of hydrogen-bond donors (Lipinski definition) is 0. The molecule has 17 heavy (non-hydrogen) atoms. The van der Waals surface area contributed by atoms with E-state index in [9.17, 15) is 13.2 Å². The predicted molar refractivity (Wildman–Crippen MR) is 58.1 cm³/mol. The van der Waals surface area contributed by atoms with E-state index >= 15 is 0 Å². The predicted octanol–water partition coefficient (Wildman–Crippen LogP) is 2.56. The largest absolute Gasteiger partial charge is 0.433 e. The summed E-state index contributed by atoms with van der Waals surface area (Å²) in [6.07, 6.45) is -2.43. The van der Waals surface area contributed by atoms with E-state index in [1.165, 1.54) is 0 Å². The molecule has 2 heterocycles. The molecule has 94 valence electrons. The van der Waals surface area contributed by atoms with Crippen LogP contribution in [0.3, 0.4) is 0 Å². The van der Waals surface area contributed by atoms with Crippen LogP contribution < -0.4 is 4.90 Å². The van der Waals surface area contributed by atoms with Gasteiger partial charge < -0.3 is 4.90 Å². The summed E-state index contributed by atoms with van der Waals surface area (Å²) < 4.78 is 37.4. The van der Waals surface area contributed by atoms with Crippen molar-refractivity contribution in [2.24, 2.45) is 5.92 Å². The Morgan fingerprint density at radius 3 is 2.82 bits per heavy atom. The Bertz CT molecular complexity index is 397. The Balaban J connectivity index is 2.17. The highest BCUT2D eigenvalue weighted by atomic mass is 35.5. The molecule has 1 fully saturated rings. The van der Waals surface area contributed by atoms with Gasteiger partial charge in [0.2, 0.25) is 5.95 Å². The van der Waals surface area contributed by atoms with Crippen molar-refractivity contribution in [3.63, 3.8) is 0 Å². The molecule has 0 radical (unpaired) electrons. The second-order valence-corrected chi connectivity index (χ2v) is 4.30. The van der Waals surface area contributed by atoms with Gasteiger partial charge >= 0.3 is 6.18 Å². The van der Waals surface area contributed by atoms with Gasteiger partial charge in [-0.1, -0.05) is 0 Å². The minimum atomic E-state index is -4.43. The van der Waals surface area contributed by atoms with Gasteiger partial charge in [-0.15, -0.1) is 11.6 Å². The molecule has 1 aliphatic rings. The van der Waals surface area contributed by atoms with E-state index in [1.807, 2.05) is 0 Å². The molecule has 0 N–H and O–H groups in total. The number of aromatic nitrogens is 2. The molecule has 0 aliphatic carbocycles. The molecule has 1 aromatic rings. The highest BCUT2D eigenvalue weighted by Crippen LogP contribution is 2.29. The number of anilines is 1. The Labute approximate surface area is 102 Å². The molecule has 1 aliphatic heterocycles. The fourth-order valence-electron chi connectivity index (χ4n) is 1.80. The first-order chi connectivity index (χ1) is 8.00. The van der Waals surface area contributed by atoms with Crippen LogP contribution in [-0.4, -0.2) is 28.9 Å². The van der Waals surface area contributed by atoms with Gasteiger partial charge in [-0.3, -0.25) is 0 Å². The lowest BCUT2D eigenvalue weighted by molar-refractivity contribution is -0.141. The Morgan fingerprint density at radius 1 is 1.47 bits per heavy atom. The smallest absolute Gasteiger partial charge is 0.340 e. The lowest BCUT2D eigenvalue weighted by Gasteiger charge is -2.16. The van der Waals surface area contributed by atoms with Crippen LogP contribution in [0.5, 0.6) is 0 Å². The zero-order chi connectivity index (χ0) is 12.5. The second kappa shape index (κ2) is 4.68. The van der Waals surface area contributed by atoms with Crippen molar-refractivity contribution in [1.29, 1.82) is 0 Å². The van der Waals surface area contributed by atoms with Gasteiger partial charge in [0, 0.05) is 25.2 Å².